The minimum atomic E-state index is -3.58. The summed E-state index contributed by atoms with van der Waals surface area (Å²) in [4.78, 5) is 24.0. The number of anilines is 2. The lowest BCUT2D eigenvalue weighted by atomic mass is 10.1. The highest BCUT2D eigenvalue weighted by atomic mass is 32.2. The van der Waals surface area contributed by atoms with Crippen LogP contribution in [0.1, 0.15) is 21.5 Å². The molecule has 2 rings (SSSR count). The van der Waals surface area contributed by atoms with E-state index in [1.54, 1.807) is 37.4 Å². The highest BCUT2D eigenvalue weighted by Crippen LogP contribution is 2.25. The average molecular weight is 419 g/mol. The van der Waals surface area contributed by atoms with E-state index in [2.05, 4.69) is 16.0 Å². The first-order chi connectivity index (χ1) is 13.6. The number of hydrogen-bond acceptors (Lipinski definition) is 5. The highest BCUT2D eigenvalue weighted by molar-refractivity contribution is 7.89. The van der Waals surface area contributed by atoms with E-state index in [-0.39, 0.29) is 23.3 Å². The van der Waals surface area contributed by atoms with E-state index in [0.717, 1.165) is 15.4 Å². The molecule has 0 radical (unpaired) electrons. The topological polar surface area (TPSA) is 108 Å². The Morgan fingerprint density at radius 2 is 1.66 bits per heavy atom. The summed E-state index contributed by atoms with van der Waals surface area (Å²) in [6.07, 6.45) is 0. The third kappa shape index (κ3) is 5.33. The van der Waals surface area contributed by atoms with Crippen molar-refractivity contribution in [1.82, 2.24) is 9.62 Å². The zero-order chi connectivity index (χ0) is 21.8. The Morgan fingerprint density at radius 3 is 2.21 bits per heavy atom. The van der Waals surface area contributed by atoms with Crippen LogP contribution in [0.5, 0.6) is 0 Å². The third-order valence-corrected chi connectivity index (χ3v) is 6.31. The van der Waals surface area contributed by atoms with Crippen LogP contribution < -0.4 is 16.0 Å². The largest absolute Gasteiger partial charge is 0.376 e. The number of carbonyl (C=O) groups is 2. The molecule has 0 aliphatic carbocycles. The van der Waals surface area contributed by atoms with Crippen molar-refractivity contribution in [3.63, 3.8) is 0 Å². The lowest BCUT2D eigenvalue weighted by molar-refractivity contribution is -0.114. The second kappa shape index (κ2) is 9.06. The Hall–Kier alpha value is -2.91. The Kier molecular flexibility index (Phi) is 6.99. The second-order valence-electron chi connectivity index (χ2n) is 6.76. The Morgan fingerprint density at radius 1 is 1.03 bits per heavy atom. The molecule has 0 fully saturated rings. The van der Waals surface area contributed by atoms with E-state index >= 15 is 0 Å². The van der Waals surface area contributed by atoms with Crippen LogP contribution in [0.3, 0.4) is 0 Å². The minimum absolute atomic E-state index is 0.0387. The quantitative estimate of drug-likeness (QED) is 0.637. The maximum absolute atomic E-state index is 12.4. The molecule has 3 N–H and O–H groups in total. The predicted octanol–water partition coefficient (Wildman–Crippen LogP) is 1.96. The van der Waals surface area contributed by atoms with Crippen molar-refractivity contribution in [3.8, 4) is 0 Å². The van der Waals surface area contributed by atoms with E-state index < -0.39 is 10.0 Å². The minimum Gasteiger partial charge on any atom is -0.376 e. The van der Waals surface area contributed by atoms with Gasteiger partial charge in [0.15, 0.2) is 0 Å². The first kappa shape index (κ1) is 22.4. The van der Waals surface area contributed by atoms with Gasteiger partial charge in [-0.2, -0.15) is 0 Å². The zero-order valence-corrected chi connectivity index (χ0v) is 18.0. The summed E-state index contributed by atoms with van der Waals surface area (Å²) in [5, 5.41) is 8.27. The Labute approximate surface area is 171 Å². The van der Waals surface area contributed by atoms with Gasteiger partial charge in [-0.15, -0.1) is 0 Å². The smallest absolute Gasteiger partial charge is 0.251 e. The van der Waals surface area contributed by atoms with Gasteiger partial charge in [0, 0.05) is 38.1 Å². The van der Waals surface area contributed by atoms with Gasteiger partial charge in [-0.3, -0.25) is 9.59 Å². The molecule has 0 spiro atoms. The fourth-order valence-corrected chi connectivity index (χ4v) is 3.61. The van der Waals surface area contributed by atoms with E-state index in [1.165, 1.54) is 20.2 Å². The second-order valence-corrected chi connectivity index (χ2v) is 8.91. The van der Waals surface area contributed by atoms with Gasteiger partial charge < -0.3 is 16.0 Å². The summed E-state index contributed by atoms with van der Waals surface area (Å²) in [7, 11) is 0.914. The van der Waals surface area contributed by atoms with Crippen LogP contribution in [-0.4, -0.2) is 52.2 Å². The van der Waals surface area contributed by atoms with Crippen molar-refractivity contribution in [3.05, 3.63) is 53.1 Å². The van der Waals surface area contributed by atoms with Crippen LogP contribution in [0, 0.1) is 13.8 Å². The van der Waals surface area contributed by atoms with Gasteiger partial charge in [0.05, 0.1) is 11.4 Å². The van der Waals surface area contributed by atoms with Crippen LogP contribution in [0.25, 0.3) is 0 Å². The van der Waals surface area contributed by atoms with Gasteiger partial charge in [0.1, 0.15) is 0 Å². The summed E-state index contributed by atoms with van der Waals surface area (Å²) in [6.45, 7) is 3.64. The predicted molar refractivity (Wildman–Crippen MR) is 114 cm³/mol. The molecule has 2 aromatic rings. The number of nitrogens with one attached hydrogen (secondary N) is 3. The van der Waals surface area contributed by atoms with E-state index in [1.807, 2.05) is 13.8 Å². The lowest BCUT2D eigenvalue weighted by Gasteiger charge is -2.17. The number of hydrogen-bond donors (Lipinski definition) is 3. The fourth-order valence-electron chi connectivity index (χ4n) is 2.60. The molecule has 9 heteroatoms. The molecule has 0 saturated heterocycles. The molecule has 2 amide bonds. The molecule has 0 unspecified atom stereocenters. The number of benzene rings is 2. The average Bonchev–Trinajstić information content (AvgIpc) is 2.68. The summed E-state index contributed by atoms with van der Waals surface area (Å²) in [5.41, 5.74) is 3.30. The van der Waals surface area contributed by atoms with Crippen molar-refractivity contribution in [2.45, 2.75) is 18.7 Å². The van der Waals surface area contributed by atoms with Gasteiger partial charge >= 0.3 is 0 Å². The molecular weight excluding hydrogens is 392 g/mol. The maximum atomic E-state index is 12.4. The normalized spacial score (nSPS) is 11.2. The van der Waals surface area contributed by atoms with Gasteiger partial charge in [-0.1, -0.05) is 0 Å². The SMILES string of the molecule is CNC(=O)c1ccc(NC(=O)CNc2cc(S(=O)(=O)N(C)C)cc(C)c2C)cc1. The molecular formula is C20H26N4O4S. The van der Waals surface area contributed by atoms with Gasteiger partial charge in [0.2, 0.25) is 15.9 Å². The molecule has 0 aliphatic heterocycles. The number of nitrogens with zero attached hydrogens (tertiary/aromatic N) is 1. The van der Waals surface area contributed by atoms with Crippen molar-refractivity contribution < 1.29 is 18.0 Å². The number of rotatable bonds is 7. The Balaban J connectivity index is 2.10. The first-order valence-electron chi connectivity index (χ1n) is 8.96. The standard InChI is InChI=1S/C20H26N4O4S/c1-13-10-17(29(27,28)24(4)5)11-18(14(13)2)22-12-19(25)23-16-8-6-15(7-9-16)20(26)21-3/h6-11,22H,12H2,1-5H3,(H,21,26)(H,23,25). The van der Waals surface area contributed by atoms with Gasteiger partial charge in [-0.05, 0) is 61.4 Å². The van der Waals surface area contributed by atoms with Crippen molar-refractivity contribution in [2.75, 3.05) is 38.3 Å². The number of carbonyl (C=O) groups excluding carboxylic acids is 2. The van der Waals surface area contributed by atoms with E-state index in [4.69, 9.17) is 0 Å². The summed E-state index contributed by atoms with van der Waals surface area (Å²) < 4.78 is 26.0. The fraction of sp³-hybridized carbons (Fsp3) is 0.300. The van der Waals surface area contributed by atoms with Crippen LogP contribution in [0.15, 0.2) is 41.3 Å². The molecule has 0 saturated carbocycles. The van der Waals surface area contributed by atoms with Crippen molar-refractivity contribution in [1.29, 1.82) is 0 Å². The summed E-state index contributed by atoms with van der Waals surface area (Å²) in [5.74, 6) is -0.501. The summed E-state index contributed by atoms with van der Waals surface area (Å²) in [6, 6.07) is 9.66. The molecule has 0 atom stereocenters. The third-order valence-electron chi connectivity index (χ3n) is 4.52. The number of aryl methyl sites for hydroxylation is 1. The monoisotopic (exact) mass is 418 g/mol. The lowest BCUT2D eigenvalue weighted by Crippen LogP contribution is -2.24. The van der Waals surface area contributed by atoms with Crippen LogP contribution in [0.4, 0.5) is 11.4 Å². The molecule has 8 nitrogen and oxygen atoms in total. The molecule has 0 heterocycles. The molecule has 2 aromatic carbocycles. The van der Waals surface area contributed by atoms with E-state index in [0.29, 0.717) is 16.9 Å². The molecule has 0 aromatic heterocycles. The molecule has 29 heavy (non-hydrogen) atoms. The van der Waals surface area contributed by atoms with Crippen molar-refractivity contribution >= 4 is 33.2 Å². The van der Waals surface area contributed by atoms with Crippen LogP contribution in [0.2, 0.25) is 0 Å². The van der Waals surface area contributed by atoms with Gasteiger partial charge in [0.25, 0.3) is 5.91 Å². The maximum Gasteiger partial charge on any atom is 0.251 e. The highest BCUT2D eigenvalue weighted by Gasteiger charge is 2.19. The first-order valence-corrected chi connectivity index (χ1v) is 10.4. The van der Waals surface area contributed by atoms with Crippen LogP contribution in [-0.2, 0) is 14.8 Å². The van der Waals surface area contributed by atoms with Crippen LogP contribution >= 0.6 is 0 Å². The Bertz CT molecular complexity index is 1020. The van der Waals surface area contributed by atoms with Gasteiger partial charge in [-0.25, -0.2) is 12.7 Å². The zero-order valence-electron chi connectivity index (χ0n) is 17.2. The summed E-state index contributed by atoms with van der Waals surface area (Å²) >= 11 is 0. The number of amides is 2. The number of sulfonamides is 1. The molecule has 0 aliphatic rings. The van der Waals surface area contributed by atoms with E-state index in [9.17, 15) is 18.0 Å². The molecule has 0 bridgehead atoms. The van der Waals surface area contributed by atoms with Crippen molar-refractivity contribution in [2.24, 2.45) is 0 Å². The molecule has 156 valence electrons.